The quantitative estimate of drug-likeness (QED) is 0.302. The van der Waals surface area contributed by atoms with E-state index in [0.717, 1.165) is 22.4 Å². The average molecular weight is 504 g/mol. The molecule has 0 fully saturated rings. The zero-order chi connectivity index (χ0) is 25.7. The van der Waals surface area contributed by atoms with Crippen LogP contribution in [0.2, 0.25) is 0 Å². The Hall–Kier alpha value is -3.68. The Morgan fingerprint density at radius 2 is 1.44 bits per heavy atom. The number of fused-ring (bicyclic) bond motifs is 1. The van der Waals surface area contributed by atoms with Crippen LogP contribution in [0.15, 0.2) is 95.9 Å². The number of carbonyl (C=O) groups is 1. The van der Waals surface area contributed by atoms with Gasteiger partial charge in [-0.25, -0.2) is 8.42 Å². The van der Waals surface area contributed by atoms with E-state index in [9.17, 15) is 13.2 Å². The molecule has 4 rings (SSSR count). The summed E-state index contributed by atoms with van der Waals surface area (Å²) in [6.45, 7) is 3.97. The lowest BCUT2D eigenvalue weighted by Crippen LogP contribution is -2.44. The largest absolute Gasteiger partial charge is 0.489 e. The fourth-order valence-electron chi connectivity index (χ4n) is 3.97. The van der Waals surface area contributed by atoms with E-state index in [4.69, 9.17) is 9.47 Å². The number of methoxy groups -OCH3 is 1. The van der Waals surface area contributed by atoms with Crippen LogP contribution >= 0.6 is 0 Å². The van der Waals surface area contributed by atoms with Crippen LogP contribution in [0.4, 0.5) is 0 Å². The van der Waals surface area contributed by atoms with Gasteiger partial charge in [-0.2, -0.15) is 4.72 Å². The normalized spacial score (nSPS) is 12.4. The molecule has 186 valence electrons. The molecular formula is C29H29NO5S. The molecule has 0 aromatic heterocycles. The van der Waals surface area contributed by atoms with Crippen LogP contribution in [0, 0.1) is 5.92 Å². The number of esters is 1. The molecule has 0 aliphatic rings. The van der Waals surface area contributed by atoms with Crippen LogP contribution in [-0.4, -0.2) is 27.5 Å². The molecule has 1 unspecified atom stereocenters. The van der Waals surface area contributed by atoms with E-state index in [1.165, 1.54) is 30.0 Å². The maximum Gasteiger partial charge on any atom is 0.324 e. The molecule has 0 heterocycles. The van der Waals surface area contributed by atoms with Gasteiger partial charge in [-0.1, -0.05) is 80.6 Å². The minimum Gasteiger partial charge on any atom is -0.489 e. The first-order valence-electron chi connectivity index (χ1n) is 11.7. The summed E-state index contributed by atoms with van der Waals surface area (Å²) in [4.78, 5) is 12.0. The van der Waals surface area contributed by atoms with Crippen molar-refractivity contribution in [1.29, 1.82) is 0 Å². The number of hydrogen-bond acceptors (Lipinski definition) is 5. The summed E-state index contributed by atoms with van der Waals surface area (Å²) in [6, 6.07) is 27.6. The monoisotopic (exact) mass is 503 g/mol. The number of benzene rings is 4. The van der Waals surface area contributed by atoms with Gasteiger partial charge in [0.2, 0.25) is 10.0 Å². The van der Waals surface area contributed by atoms with Crippen molar-refractivity contribution in [2.24, 2.45) is 5.92 Å². The van der Waals surface area contributed by atoms with Gasteiger partial charge in [0.25, 0.3) is 0 Å². The van der Waals surface area contributed by atoms with Crippen LogP contribution in [0.3, 0.4) is 0 Å². The number of ether oxygens (including phenoxy) is 2. The lowest BCUT2D eigenvalue weighted by Gasteiger charge is -2.19. The summed E-state index contributed by atoms with van der Waals surface area (Å²) in [5, 5.41) is 2.35. The van der Waals surface area contributed by atoms with Gasteiger partial charge in [0, 0.05) is 0 Å². The van der Waals surface area contributed by atoms with Crippen molar-refractivity contribution in [3.63, 3.8) is 0 Å². The Labute approximate surface area is 211 Å². The van der Waals surface area contributed by atoms with E-state index >= 15 is 0 Å². The fraction of sp³-hybridized carbons (Fsp3) is 0.207. The van der Waals surface area contributed by atoms with E-state index in [2.05, 4.69) is 29.0 Å². The van der Waals surface area contributed by atoms with Gasteiger partial charge in [0.05, 0.1) is 12.0 Å². The van der Waals surface area contributed by atoms with Crippen molar-refractivity contribution in [3.05, 3.63) is 96.6 Å². The molecule has 36 heavy (non-hydrogen) atoms. The van der Waals surface area contributed by atoms with Gasteiger partial charge in [-0.05, 0) is 57.6 Å². The Morgan fingerprint density at radius 3 is 2.08 bits per heavy atom. The van der Waals surface area contributed by atoms with Gasteiger partial charge in [-0.15, -0.1) is 0 Å². The molecule has 6 nitrogen and oxygen atoms in total. The van der Waals surface area contributed by atoms with E-state index in [1.54, 1.807) is 26.0 Å². The Balaban J connectivity index is 1.44. The second-order valence-corrected chi connectivity index (χ2v) is 10.6. The van der Waals surface area contributed by atoms with Gasteiger partial charge in [0.1, 0.15) is 18.4 Å². The minimum atomic E-state index is -3.89. The SMILES string of the molecule is COC(=O)C(NS(=O)(=O)c1ccc(-c2ccc(OCc3cccc4ccccc34)cc2)cc1)C(C)C. The van der Waals surface area contributed by atoms with Crippen molar-refractivity contribution in [3.8, 4) is 16.9 Å². The number of nitrogens with one attached hydrogen (secondary N) is 1. The minimum absolute atomic E-state index is 0.0795. The molecule has 0 amide bonds. The summed E-state index contributed by atoms with van der Waals surface area (Å²) in [5.41, 5.74) is 2.91. The first-order valence-corrected chi connectivity index (χ1v) is 13.2. The molecule has 1 atom stereocenters. The molecule has 4 aromatic carbocycles. The summed E-state index contributed by atoms with van der Waals surface area (Å²) < 4.78 is 38.8. The zero-order valence-corrected chi connectivity index (χ0v) is 21.3. The summed E-state index contributed by atoms with van der Waals surface area (Å²) >= 11 is 0. The lowest BCUT2D eigenvalue weighted by molar-refractivity contribution is -0.143. The Kier molecular flexibility index (Phi) is 7.72. The zero-order valence-electron chi connectivity index (χ0n) is 20.5. The third-order valence-electron chi connectivity index (χ3n) is 6.03. The second-order valence-electron chi connectivity index (χ2n) is 8.84. The molecular weight excluding hydrogens is 474 g/mol. The predicted octanol–water partition coefficient (Wildman–Crippen LogP) is 5.56. The first-order chi connectivity index (χ1) is 17.3. The number of rotatable bonds is 9. The standard InChI is InChI=1S/C29H29NO5S/c1-20(2)28(29(31)34-3)30-36(32,33)26-17-13-22(14-18-26)21-11-15-25(16-12-21)35-19-24-9-6-8-23-7-4-5-10-27(23)24/h4-18,20,28,30H,19H2,1-3H3. The highest BCUT2D eigenvalue weighted by Gasteiger charge is 2.29. The van der Waals surface area contributed by atoms with Crippen molar-refractivity contribution in [2.75, 3.05) is 7.11 Å². The molecule has 1 N–H and O–H groups in total. The molecule has 0 radical (unpaired) electrons. The average Bonchev–Trinajstić information content (AvgIpc) is 2.90. The fourth-order valence-corrected chi connectivity index (χ4v) is 5.30. The predicted molar refractivity (Wildman–Crippen MR) is 141 cm³/mol. The molecule has 0 saturated heterocycles. The molecule has 0 aliphatic carbocycles. The number of sulfonamides is 1. The highest BCUT2D eigenvalue weighted by Crippen LogP contribution is 2.26. The Morgan fingerprint density at radius 1 is 0.833 bits per heavy atom. The lowest BCUT2D eigenvalue weighted by atomic mass is 10.1. The summed E-state index contributed by atoms with van der Waals surface area (Å²) in [7, 11) is -2.65. The van der Waals surface area contributed by atoms with Crippen LogP contribution in [0.25, 0.3) is 21.9 Å². The highest BCUT2D eigenvalue weighted by atomic mass is 32.2. The smallest absolute Gasteiger partial charge is 0.324 e. The second kappa shape index (κ2) is 10.9. The maximum absolute atomic E-state index is 12.8. The van der Waals surface area contributed by atoms with Crippen molar-refractivity contribution < 1.29 is 22.7 Å². The van der Waals surface area contributed by atoms with Crippen molar-refractivity contribution >= 4 is 26.8 Å². The molecule has 0 aliphatic heterocycles. The highest BCUT2D eigenvalue weighted by molar-refractivity contribution is 7.89. The number of hydrogen-bond donors (Lipinski definition) is 1. The van der Waals surface area contributed by atoms with E-state index < -0.39 is 22.0 Å². The number of carbonyl (C=O) groups excluding carboxylic acids is 1. The van der Waals surface area contributed by atoms with E-state index in [-0.39, 0.29) is 10.8 Å². The van der Waals surface area contributed by atoms with E-state index in [0.29, 0.717) is 6.61 Å². The van der Waals surface area contributed by atoms with Crippen molar-refractivity contribution in [2.45, 2.75) is 31.4 Å². The van der Waals surface area contributed by atoms with E-state index in [1.807, 2.05) is 42.5 Å². The van der Waals surface area contributed by atoms with Crippen LogP contribution in [0.1, 0.15) is 19.4 Å². The van der Waals surface area contributed by atoms with Crippen molar-refractivity contribution in [1.82, 2.24) is 4.72 Å². The van der Waals surface area contributed by atoms with Gasteiger partial charge in [-0.3, -0.25) is 4.79 Å². The molecule has 0 spiro atoms. The van der Waals surface area contributed by atoms with Gasteiger partial charge in [0.15, 0.2) is 0 Å². The maximum atomic E-state index is 12.8. The van der Waals surface area contributed by atoms with Crippen LogP contribution < -0.4 is 9.46 Å². The van der Waals surface area contributed by atoms with Crippen LogP contribution in [0.5, 0.6) is 5.75 Å². The molecule has 0 bridgehead atoms. The first kappa shape index (κ1) is 25.4. The molecule has 4 aromatic rings. The summed E-state index contributed by atoms with van der Waals surface area (Å²) in [6.07, 6.45) is 0. The van der Waals surface area contributed by atoms with Gasteiger partial charge < -0.3 is 9.47 Å². The molecule has 7 heteroatoms. The topological polar surface area (TPSA) is 81.7 Å². The van der Waals surface area contributed by atoms with Crippen LogP contribution in [-0.2, 0) is 26.2 Å². The molecule has 0 saturated carbocycles. The third-order valence-corrected chi connectivity index (χ3v) is 7.49. The van der Waals surface area contributed by atoms with Gasteiger partial charge >= 0.3 is 5.97 Å². The summed E-state index contributed by atoms with van der Waals surface area (Å²) in [5.74, 6) is -0.126. The third kappa shape index (κ3) is 5.75. The Bertz CT molecular complexity index is 1440.